The van der Waals surface area contributed by atoms with Crippen LogP contribution in [0.4, 0.5) is 16.2 Å². The minimum atomic E-state index is -0.770. The first kappa shape index (κ1) is 18.7. The number of para-hydroxylation sites is 2. The highest BCUT2D eigenvalue weighted by atomic mass is 35.5. The van der Waals surface area contributed by atoms with E-state index in [1.807, 2.05) is 6.07 Å². The van der Waals surface area contributed by atoms with E-state index in [0.29, 0.717) is 22.9 Å². The second-order valence-corrected chi connectivity index (χ2v) is 6.61. The largest absolute Gasteiger partial charge is 0.350 e. The molecule has 27 heavy (non-hydrogen) atoms. The highest BCUT2D eigenvalue weighted by molar-refractivity contribution is 6.30. The summed E-state index contributed by atoms with van der Waals surface area (Å²) in [5.41, 5.74) is 2.00. The van der Waals surface area contributed by atoms with Crippen molar-refractivity contribution in [2.24, 2.45) is 0 Å². The molecule has 8 heteroatoms. The first-order valence-electron chi connectivity index (χ1n) is 8.43. The van der Waals surface area contributed by atoms with Gasteiger partial charge in [-0.25, -0.2) is 4.79 Å². The van der Waals surface area contributed by atoms with Gasteiger partial charge in [0, 0.05) is 11.6 Å². The van der Waals surface area contributed by atoms with Crippen LogP contribution in [0.15, 0.2) is 48.5 Å². The highest BCUT2D eigenvalue weighted by Gasteiger charge is 2.28. The predicted octanol–water partition coefficient (Wildman–Crippen LogP) is 2.51. The lowest BCUT2D eigenvalue weighted by Gasteiger charge is -2.30. The lowest BCUT2D eigenvalue weighted by atomic mass is 10.2. The Kier molecular flexibility index (Phi) is 5.61. The summed E-state index contributed by atoms with van der Waals surface area (Å²) in [5.74, 6) is -0.625. The number of benzene rings is 2. The van der Waals surface area contributed by atoms with E-state index in [0.717, 1.165) is 5.56 Å². The van der Waals surface area contributed by atoms with Crippen LogP contribution in [0.1, 0.15) is 12.5 Å². The maximum Gasteiger partial charge on any atom is 0.323 e. The van der Waals surface area contributed by atoms with E-state index in [2.05, 4.69) is 16.0 Å². The lowest BCUT2D eigenvalue weighted by molar-refractivity contribution is -0.122. The van der Waals surface area contributed by atoms with Crippen molar-refractivity contribution in [2.45, 2.75) is 19.5 Å². The third-order valence-corrected chi connectivity index (χ3v) is 4.34. The number of carbonyl (C=O) groups excluding carboxylic acids is 3. The fourth-order valence-corrected chi connectivity index (χ4v) is 2.95. The standard InChI is InChI=1S/C19H19ClN4O3/c1-12(18(26)21-10-13-5-4-6-14(20)9-13)22-19(27)24-11-17(25)23-15-7-2-3-8-16(15)24/h2-9,12H,10-11H2,1H3,(H,21,26)(H,22,27)(H,23,25)/t12-/m1/s1. The highest BCUT2D eigenvalue weighted by Crippen LogP contribution is 2.28. The Hall–Kier alpha value is -3.06. The van der Waals surface area contributed by atoms with Gasteiger partial charge >= 0.3 is 6.03 Å². The van der Waals surface area contributed by atoms with Crippen LogP contribution in [0.3, 0.4) is 0 Å². The molecule has 0 aliphatic carbocycles. The van der Waals surface area contributed by atoms with E-state index in [-0.39, 0.29) is 18.4 Å². The number of anilines is 2. The van der Waals surface area contributed by atoms with Gasteiger partial charge in [0.25, 0.3) is 0 Å². The van der Waals surface area contributed by atoms with Crippen LogP contribution in [0, 0.1) is 0 Å². The van der Waals surface area contributed by atoms with Crippen molar-refractivity contribution in [1.29, 1.82) is 0 Å². The number of amides is 4. The van der Waals surface area contributed by atoms with Crippen molar-refractivity contribution < 1.29 is 14.4 Å². The van der Waals surface area contributed by atoms with E-state index in [9.17, 15) is 14.4 Å². The minimum Gasteiger partial charge on any atom is -0.350 e. The second-order valence-electron chi connectivity index (χ2n) is 6.17. The van der Waals surface area contributed by atoms with E-state index in [1.165, 1.54) is 4.90 Å². The molecule has 0 fully saturated rings. The lowest BCUT2D eigenvalue weighted by Crippen LogP contribution is -2.52. The number of rotatable bonds is 4. The van der Waals surface area contributed by atoms with Crippen molar-refractivity contribution in [3.63, 3.8) is 0 Å². The molecule has 0 saturated carbocycles. The molecule has 1 atom stereocenters. The third-order valence-electron chi connectivity index (χ3n) is 4.10. The SMILES string of the molecule is C[C@@H](NC(=O)N1CC(=O)Nc2ccccc21)C(=O)NCc1cccc(Cl)c1. The van der Waals surface area contributed by atoms with Crippen LogP contribution in [0.2, 0.25) is 5.02 Å². The fourth-order valence-electron chi connectivity index (χ4n) is 2.73. The Balaban J connectivity index is 1.60. The van der Waals surface area contributed by atoms with Crippen LogP contribution >= 0.6 is 11.6 Å². The van der Waals surface area contributed by atoms with Gasteiger partial charge in [0.15, 0.2) is 0 Å². The molecule has 0 saturated heterocycles. The van der Waals surface area contributed by atoms with Crippen LogP contribution in [-0.4, -0.2) is 30.4 Å². The first-order chi connectivity index (χ1) is 12.9. The topological polar surface area (TPSA) is 90.5 Å². The fraction of sp³-hybridized carbons (Fsp3) is 0.211. The summed E-state index contributed by atoms with van der Waals surface area (Å²) in [6, 6.07) is 12.9. The molecule has 0 aromatic heterocycles. The van der Waals surface area contributed by atoms with Crippen molar-refractivity contribution >= 4 is 40.8 Å². The third kappa shape index (κ3) is 4.57. The number of nitrogens with one attached hydrogen (secondary N) is 3. The summed E-state index contributed by atoms with van der Waals surface area (Å²) in [6.45, 7) is 1.77. The van der Waals surface area contributed by atoms with Crippen LogP contribution < -0.4 is 20.9 Å². The van der Waals surface area contributed by atoms with Crippen LogP contribution in [0.5, 0.6) is 0 Å². The molecule has 3 rings (SSSR count). The van der Waals surface area contributed by atoms with Crippen LogP contribution in [-0.2, 0) is 16.1 Å². The van der Waals surface area contributed by atoms with Gasteiger partial charge < -0.3 is 16.0 Å². The number of fused-ring (bicyclic) bond motifs is 1. The molecular formula is C19H19ClN4O3. The number of hydrogen-bond donors (Lipinski definition) is 3. The molecule has 7 nitrogen and oxygen atoms in total. The number of halogens is 1. The summed E-state index contributed by atoms with van der Waals surface area (Å²) >= 11 is 5.92. The number of hydrogen-bond acceptors (Lipinski definition) is 3. The molecular weight excluding hydrogens is 368 g/mol. The molecule has 1 heterocycles. The van der Waals surface area contributed by atoms with Gasteiger partial charge in [0.1, 0.15) is 12.6 Å². The smallest absolute Gasteiger partial charge is 0.323 e. The van der Waals surface area contributed by atoms with Gasteiger partial charge in [-0.3, -0.25) is 14.5 Å². The van der Waals surface area contributed by atoms with E-state index < -0.39 is 12.1 Å². The zero-order valence-electron chi connectivity index (χ0n) is 14.7. The van der Waals surface area contributed by atoms with Gasteiger partial charge in [0.05, 0.1) is 11.4 Å². The molecule has 0 radical (unpaired) electrons. The average molecular weight is 387 g/mol. The van der Waals surface area contributed by atoms with Gasteiger partial charge in [-0.05, 0) is 36.8 Å². The van der Waals surface area contributed by atoms with Gasteiger partial charge in [-0.15, -0.1) is 0 Å². The summed E-state index contributed by atoms with van der Waals surface area (Å²) in [7, 11) is 0. The van der Waals surface area contributed by atoms with Gasteiger partial charge in [-0.1, -0.05) is 35.9 Å². The Labute approximate surface area is 161 Å². The molecule has 3 N–H and O–H groups in total. The zero-order valence-corrected chi connectivity index (χ0v) is 15.4. The monoisotopic (exact) mass is 386 g/mol. The van der Waals surface area contributed by atoms with Crippen molar-refractivity contribution in [3.8, 4) is 0 Å². The summed E-state index contributed by atoms with van der Waals surface area (Å²) in [6.07, 6.45) is 0. The Morgan fingerprint density at radius 2 is 2.00 bits per heavy atom. The van der Waals surface area contributed by atoms with Gasteiger partial charge in [0.2, 0.25) is 11.8 Å². The molecule has 1 aliphatic rings. The number of urea groups is 1. The predicted molar refractivity (Wildman–Crippen MR) is 104 cm³/mol. The molecule has 140 valence electrons. The molecule has 0 spiro atoms. The van der Waals surface area contributed by atoms with Crippen LogP contribution in [0.25, 0.3) is 0 Å². The molecule has 2 aromatic carbocycles. The van der Waals surface area contributed by atoms with E-state index in [4.69, 9.17) is 11.6 Å². The van der Waals surface area contributed by atoms with Crippen molar-refractivity contribution in [1.82, 2.24) is 10.6 Å². The van der Waals surface area contributed by atoms with E-state index >= 15 is 0 Å². The summed E-state index contributed by atoms with van der Waals surface area (Å²) in [4.78, 5) is 38.0. The zero-order chi connectivity index (χ0) is 19.4. The second kappa shape index (κ2) is 8.09. The molecule has 2 aromatic rings. The normalized spacial score (nSPS) is 14.0. The molecule has 0 bridgehead atoms. The quantitative estimate of drug-likeness (QED) is 0.754. The Morgan fingerprint density at radius 1 is 1.22 bits per heavy atom. The Bertz CT molecular complexity index is 887. The van der Waals surface area contributed by atoms with Gasteiger partial charge in [-0.2, -0.15) is 0 Å². The molecule has 4 amide bonds. The van der Waals surface area contributed by atoms with Crippen molar-refractivity contribution in [3.05, 3.63) is 59.1 Å². The number of nitrogens with zero attached hydrogens (tertiary/aromatic N) is 1. The Morgan fingerprint density at radius 3 is 2.78 bits per heavy atom. The molecule has 1 aliphatic heterocycles. The summed E-state index contributed by atoms with van der Waals surface area (Å²) in [5, 5.41) is 8.68. The maximum absolute atomic E-state index is 12.6. The summed E-state index contributed by atoms with van der Waals surface area (Å²) < 4.78 is 0. The minimum absolute atomic E-state index is 0.111. The van der Waals surface area contributed by atoms with Crippen molar-refractivity contribution in [2.75, 3.05) is 16.8 Å². The maximum atomic E-state index is 12.6. The number of carbonyl (C=O) groups is 3. The molecule has 0 unspecified atom stereocenters. The van der Waals surface area contributed by atoms with E-state index in [1.54, 1.807) is 49.4 Å². The average Bonchev–Trinajstić information content (AvgIpc) is 2.65. The first-order valence-corrected chi connectivity index (χ1v) is 8.81.